The second-order valence-electron chi connectivity index (χ2n) is 2.69. The number of aromatic carboxylic acids is 1. The number of imidazole rings is 1. The Morgan fingerprint density at radius 2 is 2.29 bits per heavy atom. The first-order valence-electron chi connectivity index (χ1n) is 3.77. The molecule has 0 saturated carbocycles. The van der Waals surface area contributed by atoms with Gasteiger partial charge in [-0.05, 0) is 28.1 Å². The molecule has 0 radical (unpaired) electrons. The van der Waals surface area contributed by atoms with Crippen molar-refractivity contribution >= 4 is 33.4 Å². The molecule has 0 bridgehead atoms. The molecule has 2 heterocycles. The number of carboxylic acid groups (broad SMARTS) is 1. The van der Waals surface area contributed by atoms with Gasteiger partial charge in [0, 0.05) is 0 Å². The molecule has 14 heavy (non-hydrogen) atoms. The minimum Gasteiger partial charge on any atom is -0.476 e. The number of rotatable bonds is 1. The summed E-state index contributed by atoms with van der Waals surface area (Å²) < 4.78 is 2.20. The molecule has 2 aromatic heterocycles. The Labute approximate surface area is 87.3 Å². The summed E-state index contributed by atoms with van der Waals surface area (Å²) in [6, 6.07) is 5.21. The normalized spacial score (nSPS) is 10.6. The molecule has 0 aliphatic heterocycles. The lowest BCUT2D eigenvalue weighted by atomic mass is 10.4. The predicted octanol–water partition coefficient (Wildman–Crippen LogP) is 1.38. The van der Waals surface area contributed by atoms with Crippen LogP contribution < -0.4 is 5.73 Å². The van der Waals surface area contributed by atoms with Gasteiger partial charge in [-0.2, -0.15) is 0 Å². The van der Waals surface area contributed by atoms with Gasteiger partial charge in [-0.3, -0.25) is 4.40 Å². The van der Waals surface area contributed by atoms with Crippen molar-refractivity contribution in [3.8, 4) is 0 Å². The molecule has 3 N–H and O–H groups in total. The monoisotopic (exact) mass is 255 g/mol. The van der Waals surface area contributed by atoms with Crippen LogP contribution in [0.25, 0.3) is 5.65 Å². The van der Waals surface area contributed by atoms with Crippen molar-refractivity contribution in [2.75, 3.05) is 5.73 Å². The van der Waals surface area contributed by atoms with Crippen molar-refractivity contribution in [1.29, 1.82) is 0 Å². The van der Waals surface area contributed by atoms with Gasteiger partial charge in [-0.1, -0.05) is 6.07 Å². The van der Waals surface area contributed by atoms with E-state index in [-0.39, 0.29) is 11.5 Å². The first-order valence-corrected chi connectivity index (χ1v) is 4.56. The van der Waals surface area contributed by atoms with Crippen LogP contribution in [0.1, 0.15) is 10.5 Å². The molecule has 72 valence electrons. The van der Waals surface area contributed by atoms with E-state index in [1.807, 2.05) is 0 Å². The van der Waals surface area contributed by atoms with Crippen LogP contribution >= 0.6 is 15.9 Å². The van der Waals surface area contributed by atoms with E-state index < -0.39 is 5.97 Å². The molecule has 5 nitrogen and oxygen atoms in total. The molecular formula is C8H6BrN3O2. The molecule has 0 aliphatic carbocycles. The molecular weight excluding hydrogens is 250 g/mol. The van der Waals surface area contributed by atoms with E-state index in [0.717, 1.165) is 0 Å². The van der Waals surface area contributed by atoms with E-state index in [2.05, 4.69) is 20.9 Å². The zero-order valence-corrected chi connectivity index (χ0v) is 8.52. The summed E-state index contributed by atoms with van der Waals surface area (Å²) in [5.74, 6) is -1.00. The van der Waals surface area contributed by atoms with E-state index >= 15 is 0 Å². The summed E-state index contributed by atoms with van der Waals surface area (Å²) in [4.78, 5) is 14.6. The van der Waals surface area contributed by atoms with Gasteiger partial charge in [0.05, 0.1) is 4.60 Å². The Kier molecular flexibility index (Phi) is 1.92. The zero-order valence-electron chi connectivity index (χ0n) is 6.94. The van der Waals surface area contributed by atoms with Crippen LogP contribution in [0.4, 0.5) is 5.82 Å². The molecule has 0 aliphatic rings. The molecule has 2 aromatic rings. The maximum Gasteiger partial charge on any atom is 0.358 e. The standard InChI is InChI=1S/C8H6BrN3O2/c9-4-2-1-3-5-11-6(8(13)14)7(10)12(4)5/h1-3H,10H2,(H,13,14). The molecule has 0 fully saturated rings. The van der Waals surface area contributed by atoms with Gasteiger partial charge >= 0.3 is 5.97 Å². The Bertz CT molecular complexity index is 521. The van der Waals surface area contributed by atoms with E-state index in [9.17, 15) is 4.79 Å². The van der Waals surface area contributed by atoms with Crippen LogP contribution in [0, 0.1) is 0 Å². The number of nitrogen functional groups attached to an aromatic ring is 1. The average Bonchev–Trinajstić information content (AvgIpc) is 2.45. The van der Waals surface area contributed by atoms with E-state index in [4.69, 9.17) is 10.8 Å². The second-order valence-corrected chi connectivity index (χ2v) is 3.51. The lowest BCUT2D eigenvalue weighted by Gasteiger charge is -1.98. The van der Waals surface area contributed by atoms with Crippen LogP contribution in [0.5, 0.6) is 0 Å². The van der Waals surface area contributed by atoms with Gasteiger partial charge < -0.3 is 10.8 Å². The summed E-state index contributed by atoms with van der Waals surface area (Å²) in [5.41, 5.74) is 6.01. The number of hydrogen-bond donors (Lipinski definition) is 2. The van der Waals surface area contributed by atoms with Gasteiger partial charge in [0.1, 0.15) is 11.5 Å². The number of hydrogen-bond acceptors (Lipinski definition) is 3. The summed E-state index contributed by atoms with van der Waals surface area (Å²) in [7, 11) is 0. The summed E-state index contributed by atoms with van der Waals surface area (Å²) in [5, 5.41) is 8.79. The fourth-order valence-electron chi connectivity index (χ4n) is 1.23. The highest BCUT2D eigenvalue weighted by Crippen LogP contribution is 2.20. The molecule has 0 unspecified atom stereocenters. The summed E-state index contributed by atoms with van der Waals surface area (Å²) in [6.45, 7) is 0. The zero-order chi connectivity index (χ0) is 10.3. The van der Waals surface area contributed by atoms with Crippen molar-refractivity contribution in [3.63, 3.8) is 0 Å². The van der Waals surface area contributed by atoms with Gasteiger partial charge in [0.15, 0.2) is 5.69 Å². The number of aromatic nitrogens is 2. The molecule has 6 heteroatoms. The van der Waals surface area contributed by atoms with Crippen molar-refractivity contribution < 1.29 is 9.90 Å². The number of nitrogens with zero attached hydrogens (tertiary/aromatic N) is 2. The maximum absolute atomic E-state index is 10.7. The first-order chi connectivity index (χ1) is 6.61. The fraction of sp³-hybridized carbons (Fsp3) is 0. The summed E-state index contributed by atoms with van der Waals surface area (Å²) in [6.07, 6.45) is 0. The van der Waals surface area contributed by atoms with Gasteiger partial charge in [-0.15, -0.1) is 0 Å². The number of pyridine rings is 1. The second kappa shape index (κ2) is 2.98. The quantitative estimate of drug-likeness (QED) is 0.755. The van der Waals surface area contributed by atoms with E-state index in [1.54, 1.807) is 18.2 Å². The minimum atomic E-state index is -1.13. The SMILES string of the molecule is Nc1c(C(=O)O)nc2cccc(Br)n12. The average molecular weight is 256 g/mol. The van der Waals surface area contributed by atoms with Crippen LogP contribution in [0.2, 0.25) is 0 Å². The minimum absolute atomic E-state index is 0.125. The molecule has 0 spiro atoms. The third-order valence-corrected chi connectivity index (χ3v) is 2.45. The van der Waals surface area contributed by atoms with Crippen molar-refractivity contribution in [1.82, 2.24) is 9.38 Å². The molecule has 2 rings (SSSR count). The maximum atomic E-state index is 10.7. The van der Waals surface area contributed by atoms with Gasteiger partial charge in [0.2, 0.25) is 0 Å². The highest BCUT2D eigenvalue weighted by atomic mass is 79.9. The van der Waals surface area contributed by atoms with Crippen LogP contribution in [-0.2, 0) is 0 Å². The largest absolute Gasteiger partial charge is 0.476 e. The van der Waals surface area contributed by atoms with E-state index in [0.29, 0.717) is 10.3 Å². The van der Waals surface area contributed by atoms with Gasteiger partial charge in [0.25, 0.3) is 0 Å². The highest BCUT2D eigenvalue weighted by Gasteiger charge is 2.16. The van der Waals surface area contributed by atoms with Crippen molar-refractivity contribution in [3.05, 3.63) is 28.5 Å². The van der Waals surface area contributed by atoms with Crippen LogP contribution in [0.3, 0.4) is 0 Å². The lowest BCUT2D eigenvalue weighted by Crippen LogP contribution is -2.02. The Balaban J connectivity index is 2.87. The smallest absolute Gasteiger partial charge is 0.358 e. The highest BCUT2D eigenvalue weighted by molar-refractivity contribution is 9.10. The lowest BCUT2D eigenvalue weighted by molar-refractivity contribution is 0.0692. The first kappa shape index (κ1) is 9.01. The van der Waals surface area contributed by atoms with Gasteiger partial charge in [-0.25, -0.2) is 9.78 Å². The van der Waals surface area contributed by atoms with E-state index in [1.165, 1.54) is 4.40 Å². The number of carboxylic acids is 1. The molecule has 0 aromatic carbocycles. The number of halogens is 1. The van der Waals surface area contributed by atoms with Crippen molar-refractivity contribution in [2.45, 2.75) is 0 Å². The Hall–Kier alpha value is -1.56. The topological polar surface area (TPSA) is 80.6 Å². The third-order valence-electron chi connectivity index (χ3n) is 1.83. The number of nitrogens with two attached hydrogens (primary N) is 1. The molecule has 0 amide bonds. The predicted molar refractivity (Wildman–Crippen MR) is 54.3 cm³/mol. The van der Waals surface area contributed by atoms with Crippen LogP contribution in [0.15, 0.2) is 22.8 Å². The number of fused-ring (bicyclic) bond motifs is 1. The summed E-state index contributed by atoms with van der Waals surface area (Å²) >= 11 is 3.26. The fourth-order valence-corrected chi connectivity index (χ4v) is 1.76. The van der Waals surface area contributed by atoms with Crippen molar-refractivity contribution in [2.24, 2.45) is 0 Å². The Morgan fingerprint density at radius 3 is 2.86 bits per heavy atom. The molecule has 0 atom stereocenters. The Morgan fingerprint density at radius 1 is 1.57 bits per heavy atom. The number of anilines is 1. The third kappa shape index (κ3) is 1.15. The number of carbonyl (C=O) groups is 1. The molecule has 0 saturated heterocycles. The van der Waals surface area contributed by atoms with Crippen LogP contribution in [-0.4, -0.2) is 20.5 Å².